The number of hydrogen-bond acceptors (Lipinski definition) is 1. The second kappa shape index (κ2) is 4.31. The first-order chi connectivity index (χ1) is 6.68. The van der Waals surface area contributed by atoms with E-state index in [-0.39, 0.29) is 0 Å². The van der Waals surface area contributed by atoms with Crippen LogP contribution < -0.4 is 0 Å². The Morgan fingerprint density at radius 1 is 1.57 bits per heavy atom. The fourth-order valence-corrected chi connectivity index (χ4v) is 3.11. The molecule has 2 N–H and O–H groups in total. The number of aromatic carboxylic acids is 1. The summed E-state index contributed by atoms with van der Waals surface area (Å²) in [5.74, 6) is -0.881. The number of fused-ring (bicyclic) bond motifs is 1. The predicted octanol–water partition coefficient (Wildman–Crippen LogP) is 2.03. The molecule has 0 aromatic carbocycles. The molecule has 2 rings (SSSR count). The second-order valence-corrected chi connectivity index (χ2v) is 4.56. The van der Waals surface area contributed by atoms with Crippen LogP contribution in [0, 0.1) is 6.92 Å². The minimum atomic E-state index is -0.881. The summed E-state index contributed by atoms with van der Waals surface area (Å²) in [7, 11) is 0. The van der Waals surface area contributed by atoms with E-state index in [2.05, 4.69) is 23.1 Å². The van der Waals surface area contributed by atoms with Gasteiger partial charge in [0, 0.05) is 0 Å². The molecule has 74 valence electrons. The van der Waals surface area contributed by atoms with Gasteiger partial charge in [-0.1, -0.05) is 0 Å². The number of carbonyl (C=O) groups is 1. The molecule has 4 heteroatoms. The maximum absolute atomic E-state index is 10.6. The zero-order chi connectivity index (χ0) is 10.7. The van der Waals surface area contributed by atoms with E-state index in [1.165, 1.54) is 0 Å². The molecule has 0 saturated carbocycles. The Balaban J connectivity index is 0.000000461. The number of aromatic nitrogens is 1. The number of aryl methyl sites for hydroxylation is 1. The van der Waals surface area contributed by atoms with E-state index in [9.17, 15) is 4.79 Å². The van der Waals surface area contributed by atoms with Gasteiger partial charge < -0.3 is 0 Å². The van der Waals surface area contributed by atoms with Gasteiger partial charge in [-0.15, -0.1) is 13.2 Å². The molecule has 0 spiro atoms. The van der Waals surface area contributed by atoms with Crippen molar-refractivity contribution < 1.29 is 9.90 Å². The molecule has 0 amide bonds. The van der Waals surface area contributed by atoms with E-state index >= 15 is 0 Å². The number of rotatable bonds is 1. The number of H-pyrrole nitrogens is 1. The summed E-state index contributed by atoms with van der Waals surface area (Å²) >= 11 is 0.323. The monoisotopic (exact) mass is 257 g/mol. The predicted molar refractivity (Wildman–Crippen MR) is 58.2 cm³/mol. The quantitative estimate of drug-likeness (QED) is 0.606. The molecule has 14 heavy (non-hydrogen) atoms. The van der Waals surface area contributed by atoms with Crippen molar-refractivity contribution in [2.45, 2.75) is 6.92 Å². The third-order valence-corrected chi connectivity index (χ3v) is 3.97. The van der Waals surface area contributed by atoms with Crippen molar-refractivity contribution in [1.82, 2.24) is 4.98 Å². The van der Waals surface area contributed by atoms with Crippen molar-refractivity contribution in [3.05, 3.63) is 35.4 Å². The van der Waals surface area contributed by atoms with Crippen molar-refractivity contribution in [3.8, 4) is 0 Å². The van der Waals surface area contributed by atoms with Gasteiger partial charge in [-0.2, -0.15) is 0 Å². The summed E-state index contributed by atoms with van der Waals surface area (Å²) in [4.78, 5) is 15.6. The molecule has 0 aliphatic carbocycles. The number of carboxylic acids is 1. The van der Waals surface area contributed by atoms with Crippen LogP contribution in [0.4, 0.5) is 0 Å². The van der Waals surface area contributed by atoms with E-state index in [0.717, 1.165) is 15.3 Å². The fraction of sp³-hybridized carbons (Fsp3) is 0.100. The van der Waals surface area contributed by atoms with Gasteiger partial charge in [-0.25, -0.2) is 0 Å². The van der Waals surface area contributed by atoms with Gasteiger partial charge in [0.25, 0.3) is 0 Å². The van der Waals surface area contributed by atoms with Gasteiger partial charge in [0.05, 0.1) is 0 Å². The molecule has 0 saturated heterocycles. The van der Waals surface area contributed by atoms with E-state index in [1.807, 2.05) is 6.92 Å². The first kappa shape index (κ1) is 10.8. The van der Waals surface area contributed by atoms with Crippen molar-refractivity contribution >= 4 is 30.2 Å². The van der Waals surface area contributed by atoms with Crippen molar-refractivity contribution in [3.63, 3.8) is 0 Å². The van der Waals surface area contributed by atoms with Gasteiger partial charge in [0.2, 0.25) is 0 Å². The summed E-state index contributed by atoms with van der Waals surface area (Å²) in [6.45, 7) is 8.00. The molecule has 0 fully saturated rings. The third kappa shape index (κ3) is 1.81. The Labute approximate surface area is 87.8 Å². The van der Waals surface area contributed by atoms with Crippen LogP contribution in [0.2, 0.25) is 0 Å². The van der Waals surface area contributed by atoms with Gasteiger partial charge in [-0.3, -0.25) is 0 Å². The normalized spacial score (nSPS) is 9.50. The van der Waals surface area contributed by atoms with Gasteiger partial charge in [0.1, 0.15) is 0 Å². The molecule has 0 aliphatic heterocycles. The number of hydrogen-bond donors (Lipinski definition) is 2. The Hall–Kier alpha value is -1.25. The van der Waals surface area contributed by atoms with Crippen LogP contribution in [0.5, 0.6) is 0 Å². The Kier molecular flexibility index (Phi) is 3.33. The number of carboxylic acid groups (broad SMARTS) is 1. The zero-order valence-electron chi connectivity index (χ0n) is 7.83. The molecule has 0 atom stereocenters. The summed E-state index contributed by atoms with van der Waals surface area (Å²) in [6, 6.07) is 1.73. The van der Waals surface area contributed by atoms with Crippen molar-refractivity contribution in [2.75, 3.05) is 0 Å². The fourth-order valence-electron chi connectivity index (χ4n) is 1.15. The van der Waals surface area contributed by atoms with Crippen LogP contribution in [0.1, 0.15) is 16.1 Å². The first-order valence-electron chi connectivity index (χ1n) is 3.98. The van der Waals surface area contributed by atoms with E-state index < -0.39 is 5.97 Å². The van der Waals surface area contributed by atoms with E-state index in [0.29, 0.717) is 20.2 Å². The molecule has 3 nitrogen and oxygen atoms in total. The summed E-state index contributed by atoms with van der Waals surface area (Å²) in [6.07, 6.45) is 0. The Morgan fingerprint density at radius 3 is 2.71 bits per heavy atom. The summed E-state index contributed by atoms with van der Waals surface area (Å²) < 4.78 is 1.15. The molecule has 0 aliphatic rings. The van der Waals surface area contributed by atoms with Crippen LogP contribution in [0.25, 0.3) is 9.78 Å². The molecule has 0 bridgehead atoms. The van der Waals surface area contributed by atoms with Crippen LogP contribution in [-0.4, -0.2) is 30.6 Å². The molecule has 0 unspecified atom stereocenters. The minimum absolute atomic E-state index is 0.300. The summed E-state index contributed by atoms with van der Waals surface area (Å²) in [5.41, 5.74) is 2.47. The average Bonchev–Trinajstić information content (AvgIpc) is 2.72. The second-order valence-electron chi connectivity index (χ2n) is 2.65. The van der Waals surface area contributed by atoms with E-state index in [1.54, 1.807) is 6.07 Å². The zero-order valence-corrected chi connectivity index (χ0v) is 9.55. The molecule has 0 radical (unpaired) electrons. The van der Waals surface area contributed by atoms with Gasteiger partial charge in [-0.05, 0) is 0 Å². The topological polar surface area (TPSA) is 53.1 Å². The molecule has 2 aromatic rings. The maximum atomic E-state index is 10.6. The number of nitrogens with one attached hydrogen (secondary N) is 1. The summed E-state index contributed by atoms with van der Waals surface area (Å²) in [5, 5.41) is 8.68. The standard InChI is InChI=1S/C8H7NO2Se.C2H4/c1-4-3-12-6-2-5(8(10)11)9-7(4)6;1-2/h2-3,9H,1H3,(H,10,11);1-2H2. The molecule has 2 aromatic heterocycles. The molecular formula is C10H11NO2Se. The van der Waals surface area contributed by atoms with Gasteiger partial charge in [0.15, 0.2) is 0 Å². The van der Waals surface area contributed by atoms with Crippen molar-refractivity contribution in [2.24, 2.45) is 0 Å². The van der Waals surface area contributed by atoms with Crippen LogP contribution in [0.3, 0.4) is 0 Å². The van der Waals surface area contributed by atoms with Crippen LogP contribution in [0.15, 0.2) is 24.2 Å². The number of aromatic amines is 1. The Morgan fingerprint density at radius 2 is 2.21 bits per heavy atom. The third-order valence-electron chi connectivity index (χ3n) is 1.77. The van der Waals surface area contributed by atoms with Crippen molar-refractivity contribution in [1.29, 1.82) is 0 Å². The van der Waals surface area contributed by atoms with Crippen LogP contribution >= 0.6 is 0 Å². The molecule has 2 heterocycles. The Bertz CT molecular complexity index is 456. The van der Waals surface area contributed by atoms with Gasteiger partial charge >= 0.3 is 74.3 Å². The first-order valence-corrected chi connectivity index (χ1v) is 5.83. The average molecular weight is 256 g/mol. The SMILES string of the molecule is C=C.Cc1c[se]c2cc(C(=O)O)[nH]c12. The van der Waals surface area contributed by atoms with Crippen LogP contribution in [-0.2, 0) is 0 Å². The van der Waals surface area contributed by atoms with E-state index in [4.69, 9.17) is 5.11 Å². The molecular weight excluding hydrogens is 245 g/mol.